The molecule has 1 aliphatic heterocycles. The Morgan fingerprint density at radius 2 is 1.96 bits per heavy atom. The molecule has 0 saturated carbocycles. The van der Waals surface area contributed by atoms with Crippen LogP contribution < -0.4 is 10.6 Å². The molecule has 7 heteroatoms. The second-order valence-corrected chi connectivity index (χ2v) is 5.21. The monoisotopic (exact) mass is 323 g/mol. The van der Waals surface area contributed by atoms with Gasteiger partial charge in [-0.15, -0.1) is 0 Å². The number of aromatic nitrogens is 1. The van der Waals surface area contributed by atoms with Crippen molar-refractivity contribution in [3.05, 3.63) is 53.7 Å². The molecule has 0 bridgehead atoms. The molecule has 2 N–H and O–H groups in total. The zero-order chi connectivity index (χ0) is 16.3. The third kappa shape index (κ3) is 3.80. The first-order valence-electron chi connectivity index (χ1n) is 7.25. The van der Waals surface area contributed by atoms with E-state index >= 15 is 0 Å². The predicted molar refractivity (Wildman–Crippen MR) is 80.5 cm³/mol. The number of halogens is 3. The Morgan fingerprint density at radius 3 is 2.61 bits per heavy atom. The molecule has 0 aliphatic carbocycles. The summed E-state index contributed by atoms with van der Waals surface area (Å²) in [7, 11) is 0. The molecule has 0 radical (unpaired) electrons. The van der Waals surface area contributed by atoms with Crippen LogP contribution in [0.2, 0.25) is 0 Å². The van der Waals surface area contributed by atoms with Crippen LogP contribution in [0.3, 0.4) is 0 Å². The third-order valence-electron chi connectivity index (χ3n) is 3.59. The Balaban J connectivity index is 1.76. The highest BCUT2D eigenvalue weighted by atomic mass is 19.4. The average Bonchev–Trinajstić information content (AvgIpc) is 2.56. The lowest BCUT2D eigenvalue weighted by Crippen LogP contribution is -2.33. The second kappa shape index (κ2) is 6.55. The van der Waals surface area contributed by atoms with Crippen molar-refractivity contribution >= 4 is 11.5 Å². The van der Waals surface area contributed by atoms with Gasteiger partial charge in [-0.3, -0.25) is 0 Å². The molecule has 2 heterocycles. The quantitative estimate of drug-likeness (QED) is 0.907. The smallest absolute Gasteiger partial charge is 0.371 e. The number of hydrogen-bond acceptors (Lipinski definition) is 4. The van der Waals surface area contributed by atoms with Crippen LogP contribution in [0.4, 0.5) is 24.7 Å². The Hall–Kier alpha value is -2.12. The Labute approximate surface area is 131 Å². The average molecular weight is 323 g/mol. The molecule has 0 spiro atoms. The van der Waals surface area contributed by atoms with E-state index in [0.29, 0.717) is 12.3 Å². The van der Waals surface area contributed by atoms with Gasteiger partial charge in [0.25, 0.3) is 0 Å². The summed E-state index contributed by atoms with van der Waals surface area (Å²) in [6, 6.07) is 9.41. The minimum Gasteiger partial charge on any atom is -0.371 e. The highest BCUT2D eigenvalue weighted by molar-refractivity contribution is 5.60. The van der Waals surface area contributed by atoms with E-state index in [1.54, 1.807) is 12.1 Å². The Morgan fingerprint density at radius 1 is 1.17 bits per heavy atom. The van der Waals surface area contributed by atoms with Gasteiger partial charge in [0, 0.05) is 25.0 Å². The molecule has 4 nitrogen and oxygen atoms in total. The summed E-state index contributed by atoms with van der Waals surface area (Å²) in [6.45, 7) is 2.20. The largest absolute Gasteiger partial charge is 0.419 e. The number of nitrogens with zero attached hydrogens (tertiary/aromatic N) is 1. The van der Waals surface area contributed by atoms with Crippen LogP contribution in [0, 0.1) is 0 Å². The number of nitrogens with one attached hydrogen (secondary N) is 2. The molecule has 2 aromatic rings. The van der Waals surface area contributed by atoms with Crippen molar-refractivity contribution in [3.8, 4) is 0 Å². The lowest BCUT2D eigenvalue weighted by molar-refractivity contribution is -0.137. The summed E-state index contributed by atoms with van der Waals surface area (Å²) < 4.78 is 44.5. The van der Waals surface area contributed by atoms with Gasteiger partial charge in [0.1, 0.15) is 5.82 Å². The summed E-state index contributed by atoms with van der Waals surface area (Å²) in [5, 5.41) is 5.96. The molecule has 1 unspecified atom stereocenters. The second-order valence-electron chi connectivity index (χ2n) is 5.21. The zero-order valence-electron chi connectivity index (χ0n) is 12.2. The molecule has 1 fully saturated rings. The van der Waals surface area contributed by atoms with E-state index in [0.717, 1.165) is 24.7 Å². The first kappa shape index (κ1) is 15.8. The number of morpholine rings is 1. The van der Waals surface area contributed by atoms with Crippen LogP contribution >= 0.6 is 0 Å². The summed E-state index contributed by atoms with van der Waals surface area (Å²) >= 11 is 0. The highest BCUT2D eigenvalue weighted by Crippen LogP contribution is 2.34. The van der Waals surface area contributed by atoms with Crippen LogP contribution in [0.25, 0.3) is 0 Å². The lowest BCUT2D eigenvalue weighted by Gasteiger charge is -2.24. The lowest BCUT2D eigenvalue weighted by atomic mass is 10.1. The van der Waals surface area contributed by atoms with E-state index in [1.165, 1.54) is 12.3 Å². The van der Waals surface area contributed by atoms with Crippen molar-refractivity contribution < 1.29 is 17.9 Å². The Kier molecular flexibility index (Phi) is 4.49. The van der Waals surface area contributed by atoms with E-state index < -0.39 is 11.7 Å². The maximum atomic E-state index is 13.0. The van der Waals surface area contributed by atoms with Crippen molar-refractivity contribution in [2.24, 2.45) is 0 Å². The number of hydrogen-bond donors (Lipinski definition) is 2. The number of ether oxygens (including phenoxy) is 1. The molecule has 1 aliphatic rings. The van der Waals surface area contributed by atoms with E-state index in [1.807, 2.05) is 12.1 Å². The molecule has 122 valence electrons. The normalized spacial score (nSPS) is 18.7. The van der Waals surface area contributed by atoms with Gasteiger partial charge in [0.15, 0.2) is 0 Å². The molecule has 3 rings (SSSR count). The van der Waals surface area contributed by atoms with Gasteiger partial charge < -0.3 is 15.4 Å². The molecular formula is C16H16F3N3O. The van der Waals surface area contributed by atoms with Crippen LogP contribution in [-0.2, 0) is 10.9 Å². The number of benzene rings is 1. The fraction of sp³-hybridized carbons (Fsp3) is 0.312. The van der Waals surface area contributed by atoms with Crippen molar-refractivity contribution in [2.45, 2.75) is 12.3 Å². The van der Waals surface area contributed by atoms with E-state index in [2.05, 4.69) is 15.6 Å². The molecular weight excluding hydrogens is 307 g/mol. The summed E-state index contributed by atoms with van der Waals surface area (Å²) in [5.74, 6) is -0.205. The SMILES string of the molecule is FC(F)(F)c1cccnc1Nc1ccc(C2CNCCO2)cc1. The molecule has 1 aromatic heterocycles. The van der Waals surface area contributed by atoms with Crippen LogP contribution in [0.1, 0.15) is 17.2 Å². The van der Waals surface area contributed by atoms with Crippen LogP contribution in [-0.4, -0.2) is 24.7 Å². The van der Waals surface area contributed by atoms with Gasteiger partial charge in [-0.1, -0.05) is 12.1 Å². The van der Waals surface area contributed by atoms with Gasteiger partial charge in [-0.2, -0.15) is 13.2 Å². The van der Waals surface area contributed by atoms with Gasteiger partial charge in [0.2, 0.25) is 0 Å². The predicted octanol–water partition coefficient (Wildman–Crippen LogP) is 3.50. The zero-order valence-corrected chi connectivity index (χ0v) is 12.2. The standard InChI is InChI=1S/C16H16F3N3O/c17-16(18,19)13-2-1-7-21-15(13)22-12-5-3-11(4-6-12)14-10-20-8-9-23-14/h1-7,14,20H,8-10H2,(H,21,22). The maximum absolute atomic E-state index is 13.0. The van der Waals surface area contributed by atoms with Crippen molar-refractivity contribution in [3.63, 3.8) is 0 Å². The first-order chi connectivity index (χ1) is 11.0. The van der Waals surface area contributed by atoms with E-state index in [-0.39, 0.29) is 11.9 Å². The topological polar surface area (TPSA) is 46.2 Å². The fourth-order valence-electron chi connectivity index (χ4n) is 2.43. The maximum Gasteiger partial charge on any atom is 0.419 e. The van der Waals surface area contributed by atoms with Gasteiger partial charge in [-0.25, -0.2) is 4.98 Å². The summed E-state index contributed by atoms with van der Waals surface area (Å²) in [4.78, 5) is 3.79. The van der Waals surface area contributed by atoms with Crippen LogP contribution in [0.15, 0.2) is 42.6 Å². The van der Waals surface area contributed by atoms with Gasteiger partial charge >= 0.3 is 6.18 Å². The molecule has 1 atom stereocenters. The van der Waals surface area contributed by atoms with E-state index in [4.69, 9.17) is 4.74 Å². The summed E-state index contributed by atoms with van der Waals surface area (Å²) in [5.41, 5.74) is 0.741. The van der Waals surface area contributed by atoms with Crippen molar-refractivity contribution in [2.75, 3.05) is 25.0 Å². The minimum absolute atomic E-state index is 0.0293. The molecule has 1 saturated heterocycles. The van der Waals surface area contributed by atoms with Gasteiger partial charge in [-0.05, 0) is 29.8 Å². The molecule has 1 aromatic carbocycles. The fourth-order valence-corrected chi connectivity index (χ4v) is 2.43. The first-order valence-corrected chi connectivity index (χ1v) is 7.25. The van der Waals surface area contributed by atoms with Crippen LogP contribution in [0.5, 0.6) is 0 Å². The summed E-state index contributed by atoms with van der Waals surface area (Å²) in [6.07, 6.45) is -3.15. The van der Waals surface area contributed by atoms with E-state index in [9.17, 15) is 13.2 Å². The third-order valence-corrected chi connectivity index (χ3v) is 3.59. The molecule has 0 amide bonds. The highest BCUT2D eigenvalue weighted by Gasteiger charge is 2.34. The van der Waals surface area contributed by atoms with Gasteiger partial charge in [0.05, 0.1) is 18.3 Å². The number of rotatable bonds is 3. The minimum atomic E-state index is -4.45. The van der Waals surface area contributed by atoms with Crippen molar-refractivity contribution in [1.82, 2.24) is 10.3 Å². The number of anilines is 2. The van der Waals surface area contributed by atoms with Crippen molar-refractivity contribution in [1.29, 1.82) is 0 Å². The number of pyridine rings is 1. The number of alkyl halides is 3. The Bertz CT molecular complexity index is 652. The molecule has 23 heavy (non-hydrogen) atoms.